The van der Waals surface area contributed by atoms with Crippen LogP contribution in [0.5, 0.6) is 0 Å². The Labute approximate surface area is 83.3 Å². The minimum absolute atomic E-state index is 0.338. The van der Waals surface area contributed by atoms with E-state index < -0.39 is 0 Å². The minimum Gasteiger partial charge on any atom is -0.391 e. The second-order valence-electron chi connectivity index (χ2n) is 3.27. The van der Waals surface area contributed by atoms with Gasteiger partial charge in [-0.2, -0.15) is 11.8 Å². The third-order valence-electron chi connectivity index (χ3n) is 2.21. The Bertz CT molecular complexity index is 130. The first-order chi connectivity index (χ1) is 5.74. The van der Waals surface area contributed by atoms with Gasteiger partial charge in [-0.1, -0.05) is 0 Å². The maximum absolute atomic E-state index is 9.31. The monoisotopic (exact) mass is 209 g/mol. The molecule has 0 spiro atoms. The molecule has 1 aliphatic rings. The van der Waals surface area contributed by atoms with E-state index in [1.807, 2.05) is 11.8 Å². The Morgan fingerprint density at radius 1 is 1.75 bits per heavy atom. The molecule has 1 aliphatic heterocycles. The van der Waals surface area contributed by atoms with Gasteiger partial charge in [-0.15, -0.1) is 11.6 Å². The molecule has 0 radical (unpaired) electrons. The summed E-state index contributed by atoms with van der Waals surface area (Å²) < 4.78 is 0. The fourth-order valence-electron chi connectivity index (χ4n) is 1.40. The van der Waals surface area contributed by atoms with E-state index >= 15 is 0 Å². The summed E-state index contributed by atoms with van der Waals surface area (Å²) in [4.78, 5) is 2.22. The van der Waals surface area contributed by atoms with Crippen LogP contribution < -0.4 is 0 Å². The zero-order chi connectivity index (χ0) is 8.97. The molecule has 0 saturated carbocycles. The summed E-state index contributed by atoms with van der Waals surface area (Å²) in [5.41, 5.74) is 0. The van der Waals surface area contributed by atoms with Gasteiger partial charge in [-0.3, -0.25) is 4.90 Å². The van der Waals surface area contributed by atoms with Crippen LogP contribution in [0.4, 0.5) is 0 Å². The molecule has 12 heavy (non-hydrogen) atoms. The molecule has 2 atom stereocenters. The van der Waals surface area contributed by atoms with Crippen LogP contribution in [-0.2, 0) is 0 Å². The van der Waals surface area contributed by atoms with Gasteiger partial charge in [0.05, 0.1) is 6.10 Å². The molecule has 2 unspecified atom stereocenters. The molecule has 4 heteroatoms. The highest BCUT2D eigenvalue weighted by Crippen LogP contribution is 2.21. The lowest BCUT2D eigenvalue weighted by atomic mass is 10.2. The van der Waals surface area contributed by atoms with Crippen molar-refractivity contribution in [1.29, 1.82) is 0 Å². The molecule has 1 heterocycles. The average Bonchev–Trinajstić information content (AvgIpc) is 2.56. The fraction of sp³-hybridized carbons (Fsp3) is 1.00. The Morgan fingerprint density at radius 3 is 3.00 bits per heavy atom. The minimum atomic E-state index is -0.373. The summed E-state index contributed by atoms with van der Waals surface area (Å²) in [7, 11) is 2.06. The number of aliphatic hydroxyl groups excluding tert-OH is 1. The van der Waals surface area contributed by atoms with E-state index in [9.17, 15) is 5.11 Å². The number of hydrogen-bond acceptors (Lipinski definition) is 3. The molecule has 2 nitrogen and oxygen atoms in total. The normalized spacial score (nSPS) is 26.5. The van der Waals surface area contributed by atoms with Crippen molar-refractivity contribution in [3.63, 3.8) is 0 Å². The first-order valence-electron chi connectivity index (χ1n) is 4.26. The van der Waals surface area contributed by atoms with Gasteiger partial charge in [-0.25, -0.2) is 0 Å². The Hall–Kier alpha value is 0.560. The number of alkyl halides is 1. The van der Waals surface area contributed by atoms with E-state index in [2.05, 4.69) is 11.9 Å². The number of halogens is 1. The fourth-order valence-corrected chi connectivity index (χ4v) is 2.80. The average molecular weight is 210 g/mol. The van der Waals surface area contributed by atoms with Crippen LogP contribution in [-0.4, -0.2) is 53.1 Å². The van der Waals surface area contributed by atoms with Gasteiger partial charge in [0.1, 0.15) is 0 Å². The molecular formula is C8H16ClNOS. The number of hydrogen-bond donors (Lipinski definition) is 1. The van der Waals surface area contributed by atoms with E-state index in [4.69, 9.17) is 11.6 Å². The molecule has 1 N–H and O–H groups in total. The van der Waals surface area contributed by atoms with Crippen LogP contribution in [0.15, 0.2) is 0 Å². The first kappa shape index (κ1) is 10.6. The smallest absolute Gasteiger partial charge is 0.0802 e. The standard InChI is InChI=1S/C8H16ClNOS/c1-10(5-8(11)4-9)7-2-3-12-6-7/h7-8,11H,2-6H2,1H3. The lowest BCUT2D eigenvalue weighted by Crippen LogP contribution is -2.38. The van der Waals surface area contributed by atoms with Crippen LogP contribution in [0.1, 0.15) is 6.42 Å². The first-order valence-corrected chi connectivity index (χ1v) is 5.95. The van der Waals surface area contributed by atoms with Crippen molar-refractivity contribution in [3.05, 3.63) is 0 Å². The lowest BCUT2D eigenvalue weighted by molar-refractivity contribution is 0.125. The highest BCUT2D eigenvalue weighted by molar-refractivity contribution is 7.99. The predicted molar refractivity (Wildman–Crippen MR) is 55.1 cm³/mol. The van der Waals surface area contributed by atoms with Gasteiger partial charge < -0.3 is 5.11 Å². The summed E-state index contributed by atoms with van der Waals surface area (Å²) in [6.07, 6.45) is 0.873. The van der Waals surface area contributed by atoms with Crippen LogP contribution >= 0.6 is 23.4 Å². The van der Waals surface area contributed by atoms with Crippen LogP contribution in [0.25, 0.3) is 0 Å². The highest BCUT2D eigenvalue weighted by Gasteiger charge is 2.21. The SMILES string of the molecule is CN(CC(O)CCl)C1CCSC1. The molecular weight excluding hydrogens is 194 g/mol. The molecule has 0 amide bonds. The molecule has 1 fully saturated rings. The largest absolute Gasteiger partial charge is 0.391 e. The van der Waals surface area contributed by atoms with Crippen molar-refractivity contribution in [3.8, 4) is 0 Å². The van der Waals surface area contributed by atoms with Crippen molar-refractivity contribution in [2.75, 3.05) is 31.0 Å². The molecule has 1 saturated heterocycles. The van der Waals surface area contributed by atoms with Crippen molar-refractivity contribution in [2.45, 2.75) is 18.6 Å². The third-order valence-corrected chi connectivity index (χ3v) is 3.71. The van der Waals surface area contributed by atoms with Gasteiger partial charge in [0, 0.05) is 24.2 Å². The molecule has 0 aromatic carbocycles. The van der Waals surface area contributed by atoms with E-state index in [0.717, 1.165) is 0 Å². The van der Waals surface area contributed by atoms with Gasteiger partial charge in [0.25, 0.3) is 0 Å². The van der Waals surface area contributed by atoms with Gasteiger partial charge >= 0.3 is 0 Å². The van der Waals surface area contributed by atoms with Crippen molar-refractivity contribution in [2.24, 2.45) is 0 Å². The quantitative estimate of drug-likeness (QED) is 0.700. The van der Waals surface area contributed by atoms with E-state index in [0.29, 0.717) is 18.5 Å². The topological polar surface area (TPSA) is 23.5 Å². The zero-order valence-electron chi connectivity index (χ0n) is 7.37. The number of likely N-dealkylation sites (N-methyl/N-ethyl adjacent to an activating group) is 1. The van der Waals surface area contributed by atoms with Gasteiger partial charge in [-0.05, 0) is 19.2 Å². The number of rotatable bonds is 4. The number of thioether (sulfide) groups is 1. The highest BCUT2D eigenvalue weighted by atomic mass is 35.5. The molecule has 0 aliphatic carbocycles. The molecule has 0 aromatic rings. The molecule has 1 rings (SSSR count). The second kappa shape index (κ2) is 5.32. The Morgan fingerprint density at radius 2 is 2.50 bits per heavy atom. The molecule has 72 valence electrons. The summed E-state index contributed by atoms with van der Waals surface area (Å²) in [5.74, 6) is 2.79. The molecule has 0 bridgehead atoms. The van der Waals surface area contributed by atoms with E-state index in [1.54, 1.807) is 0 Å². The van der Waals surface area contributed by atoms with Gasteiger partial charge in [0.15, 0.2) is 0 Å². The second-order valence-corrected chi connectivity index (χ2v) is 4.72. The van der Waals surface area contributed by atoms with Gasteiger partial charge in [0.2, 0.25) is 0 Å². The summed E-state index contributed by atoms with van der Waals surface area (Å²) in [6, 6.07) is 0.646. The number of aliphatic hydroxyl groups is 1. The van der Waals surface area contributed by atoms with Crippen molar-refractivity contribution < 1.29 is 5.11 Å². The third kappa shape index (κ3) is 3.13. The number of nitrogens with zero attached hydrogens (tertiary/aromatic N) is 1. The summed E-state index contributed by atoms with van der Waals surface area (Å²) >= 11 is 7.51. The Balaban J connectivity index is 2.21. The summed E-state index contributed by atoms with van der Waals surface area (Å²) in [6.45, 7) is 0.703. The van der Waals surface area contributed by atoms with Crippen molar-refractivity contribution in [1.82, 2.24) is 4.90 Å². The van der Waals surface area contributed by atoms with Crippen molar-refractivity contribution >= 4 is 23.4 Å². The van der Waals surface area contributed by atoms with E-state index in [-0.39, 0.29) is 6.10 Å². The van der Waals surface area contributed by atoms with E-state index in [1.165, 1.54) is 17.9 Å². The maximum atomic E-state index is 9.31. The zero-order valence-corrected chi connectivity index (χ0v) is 8.94. The Kier molecular flexibility index (Phi) is 4.72. The van der Waals surface area contributed by atoms with Crippen LogP contribution in [0.3, 0.4) is 0 Å². The maximum Gasteiger partial charge on any atom is 0.0802 e. The predicted octanol–water partition coefficient (Wildman–Crippen LogP) is 1.02. The summed E-state index contributed by atoms with van der Waals surface area (Å²) in [5, 5.41) is 9.31. The molecule has 0 aromatic heterocycles. The van der Waals surface area contributed by atoms with Crippen LogP contribution in [0.2, 0.25) is 0 Å². The van der Waals surface area contributed by atoms with Crippen LogP contribution in [0, 0.1) is 0 Å². The lowest BCUT2D eigenvalue weighted by Gasteiger charge is -2.25.